The summed E-state index contributed by atoms with van der Waals surface area (Å²) in [5.74, 6) is 0.0706. The van der Waals surface area contributed by atoms with Crippen LogP contribution in [0.4, 0.5) is 0 Å². The maximum atomic E-state index is 9.39. The van der Waals surface area contributed by atoms with E-state index in [1.807, 2.05) is 26.0 Å². The van der Waals surface area contributed by atoms with Gasteiger partial charge in [0.25, 0.3) is 0 Å². The summed E-state index contributed by atoms with van der Waals surface area (Å²) in [6.45, 7) is 4.12. The van der Waals surface area contributed by atoms with E-state index in [9.17, 15) is 10.2 Å². The molecule has 0 saturated heterocycles. The summed E-state index contributed by atoms with van der Waals surface area (Å²) in [5.41, 5.74) is 7.54. The molecule has 0 aliphatic rings. The number of hydrogen-bond acceptors (Lipinski definition) is 5. The first-order valence-electron chi connectivity index (χ1n) is 6.56. The second kappa shape index (κ2) is 7.23. The van der Waals surface area contributed by atoms with E-state index in [2.05, 4.69) is 10.5 Å². The van der Waals surface area contributed by atoms with Crippen molar-refractivity contribution in [2.45, 2.75) is 32.4 Å². The molecule has 1 aromatic rings. The van der Waals surface area contributed by atoms with E-state index in [1.165, 1.54) is 0 Å². The number of amidine groups is 1. The Morgan fingerprint density at radius 3 is 2.45 bits per heavy atom. The Kier molecular flexibility index (Phi) is 5.94. The Morgan fingerprint density at radius 2 is 2.00 bits per heavy atom. The third-order valence-corrected chi connectivity index (χ3v) is 3.68. The van der Waals surface area contributed by atoms with Crippen molar-refractivity contribution >= 4 is 5.84 Å². The Bertz CT molecular complexity index is 462. The van der Waals surface area contributed by atoms with Crippen LogP contribution in [-0.2, 0) is 6.54 Å². The molecule has 0 fully saturated rings. The highest BCUT2D eigenvalue weighted by atomic mass is 16.4. The SMILES string of the molecule is CCC(CO)(CO)NCc1ccc(/C(N)=N/O)cc1C. The van der Waals surface area contributed by atoms with Crippen LogP contribution < -0.4 is 11.1 Å². The lowest BCUT2D eigenvalue weighted by Gasteiger charge is -2.30. The minimum atomic E-state index is -0.670. The monoisotopic (exact) mass is 281 g/mol. The Labute approximate surface area is 118 Å². The first-order valence-corrected chi connectivity index (χ1v) is 6.56. The minimum Gasteiger partial charge on any atom is -0.409 e. The van der Waals surface area contributed by atoms with E-state index in [-0.39, 0.29) is 19.0 Å². The molecule has 20 heavy (non-hydrogen) atoms. The fourth-order valence-electron chi connectivity index (χ4n) is 1.90. The fourth-order valence-corrected chi connectivity index (χ4v) is 1.90. The average molecular weight is 281 g/mol. The molecular formula is C14H23N3O3. The molecule has 0 unspecified atom stereocenters. The van der Waals surface area contributed by atoms with Crippen LogP contribution in [0.25, 0.3) is 0 Å². The summed E-state index contributed by atoms with van der Waals surface area (Å²) in [5, 5.41) is 33.6. The van der Waals surface area contributed by atoms with E-state index in [0.29, 0.717) is 18.5 Å². The van der Waals surface area contributed by atoms with Gasteiger partial charge in [-0.15, -0.1) is 0 Å². The molecule has 0 radical (unpaired) electrons. The van der Waals surface area contributed by atoms with Crippen LogP contribution in [0.1, 0.15) is 30.0 Å². The van der Waals surface area contributed by atoms with Crippen LogP contribution in [0.15, 0.2) is 23.4 Å². The molecule has 0 saturated carbocycles. The predicted molar refractivity (Wildman–Crippen MR) is 77.7 cm³/mol. The van der Waals surface area contributed by atoms with Gasteiger partial charge in [-0.25, -0.2) is 0 Å². The summed E-state index contributed by atoms with van der Waals surface area (Å²) in [6.07, 6.45) is 0.626. The Hall–Kier alpha value is -1.63. The van der Waals surface area contributed by atoms with Gasteiger partial charge in [-0.1, -0.05) is 24.2 Å². The second-order valence-electron chi connectivity index (χ2n) is 4.93. The molecule has 0 aromatic heterocycles. The summed E-state index contributed by atoms with van der Waals surface area (Å²) in [7, 11) is 0. The zero-order valence-corrected chi connectivity index (χ0v) is 11.9. The van der Waals surface area contributed by atoms with Crippen LogP contribution in [-0.4, -0.2) is 40.0 Å². The molecule has 0 spiro atoms. The van der Waals surface area contributed by atoms with E-state index in [1.54, 1.807) is 6.07 Å². The van der Waals surface area contributed by atoms with E-state index >= 15 is 0 Å². The molecule has 0 bridgehead atoms. The first-order chi connectivity index (χ1) is 9.51. The number of benzene rings is 1. The van der Waals surface area contributed by atoms with Crippen LogP contribution >= 0.6 is 0 Å². The Balaban J connectivity index is 2.84. The summed E-state index contributed by atoms with van der Waals surface area (Å²) >= 11 is 0. The molecule has 0 atom stereocenters. The number of rotatable bonds is 7. The normalized spacial score (nSPS) is 12.7. The van der Waals surface area contributed by atoms with Crippen molar-refractivity contribution in [1.29, 1.82) is 0 Å². The molecule has 6 N–H and O–H groups in total. The highest BCUT2D eigenvalue weighted by Gasteiger charge is 2.25. The van der Waals surface area contributed by atoms with Gasteiger partial charge in [0, 0.05) is 12.1 Å². The van der Waals surface area contributed by atoms with Gasteiger partial charge in [-0.2, -0.15) is 0 Å². The van der Waals surface area contributed by atoms with Gasteiger partial charge in [-0.05, 0) is 30.5 Å². The number of aliphatic hydroxyl groups excluding tert-OH is 2. The topological polar surface area (TPSA) is 111 Å². The molecule has 0 heterocycles. The summed E-state index contributed by atoms with van der Waals surface area (Å²) in [6, 6.07) is 5.48. The Morgan fingerprint density at radius 1 is 1.35 bits per heavy atom. The van der Waals surface area contributed by atoms with Crippen molar-refractivity contribution in [1.82, 2.24) is 5.32 Å². The quantitative estimate of drug-likeness (QED) is 0.214. The second-order valence-corrected chi connectivity index (χ2v) is 4.93. The molecule has 112 valence electrons. The molecular weight excluding hydrogens is 258 g/mol. The molecule has 0 aliphatic carbocycles. The van der Waals surface area contributed by atoms with E-state index in [4.69, 9.17) is 10.9 Å². The van der Waals surface area contributed by atoms with Crippen LogP contribution in [0.5, 0.6) is 0 Å². The van der Waals surface area contributed by atoms with Crippen LogP contribution in [0.3, 0.4) is 0 Å². The van der Waals surface area contributed by atoms with Gasteiger partial charge in [-0.3, -0.25) is 0 Å². The third kappa shape index (κ3) is 3.69. The largest absolute Gasteiger partial charge is 0.409 e. The van der Waals surface area contributed by atoms with Crippen LogP contribution in [0, 0.1) is 6.92 Å². The van der Waals surface area contributed by atoms with Gasteiger partial charge in [0.05, 0.1) is 18.8 Å². The van der Waals surface area contributed by atoms with Crippen molar-refractivity contribution in [3.8, 4) is 0 Å². The molecule has 6 heteroatoms. The highest BCUT2D eigenvalue weighted by Crippen LogP contribution is 2.14. The highest BCUT2D eigenvalue weighted by molar-refractivity contribution is 5.97. The van der Waals surface area contributed by atoms with Gasteiger partial charge in [0.1, 0.15) is 0 Å². The first kappa shape index (κ1) is 16.4. The van der Waals surface area contributed by atoms with Crippen molar-refractivity contribution < 1.29 is 15.4 Å². The summed E-state index contributed by atoms with van der Waals surface area (Å²) in [4.78, 5) is 0. The number of nitrogens with one attached hydrogen (secondary N) is 1. The zero-order valence-electron chi connectivity index (χ0n) is 11.9. The van der Waals surface area contributed by atoms with Crippen molar-refractivity contribution in [2.24, 2.45) is 10.9 Å². The van der Waals surface area contributed by atoms with Crippen molar-refractivity contribution in [3.05, 3.63) is 34.9 Å². The van der Waals surface area contributed by atoms with E-state index in [0.717, 1.165) is 11.1 Å². The van der Waals surface area contributed by atoms with Crippen LogP contribution in [0.2, 0.25) is 0 Å². The lowest BCUT2D eigenvalue weighted by molar-refractivity contribution is 0.0863. The third-order valence-electron chi connectivity index (χ3n) is 3.68. The smallest absolute Gasteiger partial charge is 0.170 e. The van der Waals surface area contributed by atoms with E-state index < -0.39 is 5.54 Å². The molecule has 0 amide bonds. The van der Waals surface area contributed by atoms with Gasteiger partial charge >= 0.3 is 0 Å². The number of aryl methyl sites for hydroxylation is 1. The molecule has 6 nitrogen and oxygen atoms in total. The van der Waals surface area contributed by atoms with Gasteiger partial charge in [0.2, 0.25) is 0 Å². The zero-order chi connectivity index (χ0) is 15.2. The predicted octanol–water partition coefficient (Wildman–Crippen LogP) is 0.313. The molecule has 0 aliphatic heterocycles. The molecule has 1 rings (SSSR count). The fraction of sp³-hybridized carbons (Fsp3) is 0.500. The average Bonchev–Trinajstić information content (AvgIpc) is 2.49. The van der Waals surface area contributed by atoms with Gasteiger partial charge < -0.3 is 26.5 Å². The van der Waals surface area contributed by atoms with Crippen molar-refractivity contribution in [3.63, 3.8) is 0 Å². The minimum absolute atomic E-state index is 0.0706. The lowest BCUT2D eigenvalue weighted by Crippen LogP contribution is -2.50. The number of hydrogen-bond donors (Lipinski definition) is 5. The number of nitrogens with zero attached hydrogens (tertiary/aromatic N) is 1. The maximum absolute atomic E-state index is 9.39. The lowest BCUT2D eigenvalue weighted by atomic mass is 9.97. The van der Waals surface area contributed by atoms with Crippen molar-refractivity contribution in [2.75, 3.05) is 13.2 Å². The molecule has 1 aromatic carbocycles. The maximum Gasteiger partial charge on any atom is 0.170 e. The number of oxime groups is 1. The standard InChI is InChI=1S/C14H23N3O3/c1-3-14(8-18,9-19)16-7-12-5-4-11(6-10(12)2)13(15)17-20/h4-6,16,18-20H,3,7-9H2,1-2H3,(H2,15,17). The number of aliphatic hydroxyl groups is 2. The van der Waals surface area contributed by atoms with Gasteiger partial charge in [0.15, 0.2) is 5.84 Å². The summed E-state index contributed by atoms with van der Waals surface area (Å²) < 4.78 is 0. The number of nitrogens with two attached hydrogens (primary N) is 1.